The zero-order valence-electron chi connectivity index (χ0n) is 31.3. The molecule has 1 aromatic heterocycles. The maximum atomic E-state index is 6.89. The molecule has 0 atom stereocenters. The van der Waals surface area contributed by atoms with Crippen LogP contribution in [0.25, 0.3) is 43.8 Å². The number of ether oxygens (including phenoxy) is 1. The van der Waals surface area contributed by atoms with Gasteiger partial charge >= 0.3 is 0 Å². The van der Waals surface area contributed by atoms with Crippen LogP contribution in [0.3, 0.4) is 0 Å². The molecule has 4 nitrogen and oxygen atoms in total. The number of rotatable bonds is 2. The van der Waals surface area contributed by atoms with Crippen molar-refractivity contribution in [2.75, 3.05) is 10.2 Å². The van der Waals surface area contributed by atoms with Crippen molar-refractivity contribution >= 4 is 79.4 Å². The van der Waals surface area contributed by atoms with E-state index in [2.05, 4.69) is 155 Å². The van der Waals surface area contributed by atoms with Crippen molar-refractivity contribution in [2.24, 2.45) is 0 Å². The zero-order chi connectivity index (χ0) is 36.5. The van der Waals surface area contributed by atoms with Crippen LogP contribution in [-0.4, -0.2) is 7.28 Å². The average Bonchev–Trinajstić information content (AvgIpc) is 3.56. The Morgan fingerprint density at radius 2 is 1.37 bits per heavy atom. The summed E-state index contributed by atoms with van der Waals surface area (Å²) in [4.78, 5) is 2.54. The lowest BCUT2D eigenvalue weighted by molar-refractivity contribution is 0.332. The molecule has 0 unspecified atom stereocenters. The SMILES string of the molecule is Cc1cc2c(cc1N1c3c(c(-c4cccc5c4Nc4ccccc4O5)cc4ccccc34)[B]c3ccc4c(oc5ccccc54)c31)C(C)(C)CCC2(C)C. The van der Waals surface area contributed by atoms with Gasteiger partial charge in [-0.2, -0.15) is 0 Å². The zero-order valence-corrected chi connectivity index (χ0v) is 31.3. The van der Waals surface area contributed by atoms with E-state index in [1.165, 1.54) is 45.0 Å². The minimum Gasteiger partial charge on any atom is -0.454 e. The number of hydrogen-bond donors (Lipinski definition) is 1. The molecule has 2 aliphatic heterocycles. The number of nitrogens with one attached hydrogen (secondary N) is 1. The van der Waals surface area contributed by atoms with E-state index in [0.29, 0.717) is 0 Å². The van der Waals surface area contributed by atoms with Gasteiger partial charge in [-0.15, -0.1) is 0 Å². The topological polar surface area (TPSA) is 37.6 Å². The van der Waals surface area contributed by atoms with Crippen LogP contribution in [0.5, 0.6) is 11.5 Å². The van der Waals surface area contributed by atoms with Gasteiger partial charge in [0.1, 0.15) is 5.58 Å². The highest BCUT2D eigenvalue weighted by Gasteiger charge is 2.40. The summed E-state index contributed by atoms with van der Waals surface area (Å²) in [7, 11) is 2.38. The molecular formula is C49H40BN2O2. The van der Waals surface area contributed by atoms with Crippen molar-refractivity contribution in [1.82, 2.24) is 0 Å². The van der Waals surface area contributed by atoms with Crippen LogP contribution in [-0.2, 0) is 10.8 Å². The number of furan rings is 1. The van der Waals surface area contributed by atoms with Crippen molar-refractivity contribution in [2.45, 2.75) is 58.3 Å². The molecule has 5 heteroatoms. The molecule has 0 spiro atoms. The lowest BCUT2D eigenvalue weighted by Crippen LogP contribution is -2.42. The number of benzene rings is 7. The quantitative estimate of drug-likeness (QED) is 0.182. The Morgan fingerprint density at radius 1 is 0.648 bits per heavy atom. The summed E-state index contributed by atoms with van der Waals surface area (Å²) in [6.45, 7) is 12.0. The number of hydrogen-bond acceptors (Lipinski definition) is 4. The lowest BCUT2D eigenvalue weighted by atomic mass is 9.57. The van der Waals surface area contributed by atoms with E-state index in [1.807, 2.05) is 18.2 Å². The van der Waals surface area contributed by atoms with Crippen molar-refractivity contribution in [3.05, 3.63) is 138 Å². The largest absolute Gasteiger partial charge is 0.454 e. The highest BCUT2D eigenvalue weighted by molar-refractivity contribution is 6.74. The van der Waals surface area contributed by atoms with E-state index < -0.39 is 0 Å². The third-order valence-corrected chi connectivity index (χ3v) is 12.5. The molecule has 8 aromatic rings. The van der Waals surface area contributed by atoms with Crippen molar-refractivity contribution in [3.63, 3.8) is 0 Å². The third-order valence-electron chi connectivity index (χ3n) is 12.5. The first-order chi connectivity index (χ1) is 26.2. The van der Waals surface area contributed by atoms with Gasteiger partial charge in [0.25, 0.3) is 0 Å². The standard InChI is InChI=1S/C49H40BN2O2/c1-28-25-35-36(49(4,5)24-23-48(35,2)3)27-39(28)52-45-30-14-7-6-13-29(30)26-34(32-16-12-20-42-44(32)51-38-17-9-11-19-41(38)53-42)43(45)50-37-22-21-33-31-15-8-10-18-40(31)54-47(33)46(37)52/h6-22,25-27,51H,23-24H2,1-5H3. The second-order valence-electron chi connectivity index (χ2n) is 16.7. The van der Waals surface area contributed by atoms with Crippen molar-refractivity contribution in [3.8, 4) is 22.6 Å². The maximum absolute atomic E-state index is 6.89. The van der Waals surface area contributed by atoms with Crippen LogP contribution >= 0.6 is 0 Å². The molecule has 0 bridgehead atoms. The van der Waals surface area contributed by atoms with E-state index in [-0.39, 0.29) is 10.8 Å². The Balaban J connectivity index is 1.25. The predicted octanol–water partition coefficient (Wildman–Crippen LogP) is 12.4. The van der Waals surface area contributed by atoms with Gasteiger partial charge in [-0.3, -0.25) is 0 Å². The number of para-hydroxylation sites is 4. The van der Waals surface area contributed by atoms with Gasteiger partial charge in [-0.05, 0) is 100 Å². The average molecular weight is 700 g/mol. The molecule has 0 saturated heterocycles. The van der Waals surface area contributed by atoms with Gasteiger partial charge in [0, 0.05) is 33.1 Å². The van der Waals surface area contributed by atoms with Crippen LogP contribution < -0.4 is 25.9 Å². The van der Waals surface area contributed by atoms with Crippen molar-refractivity contribution < 1.29 is 9.15 Å². The van der Waals surface area contributed by atoms with Crippen LogP contribution in [0.4, 0.5) is 28.4 Å². The third kappa shape index (κ3) is 4.45. The lowest BCUT2D eigenvalue weighted by Gasteiger charge is -2.44. The second-order valence-corrected chi connectivity index (χ2v) is 16.7. The van der Waals surface area contributed by atoms with Gasteiger partial charge in [0.15, 0.2) is 24.4 Å². The first kappa shape index (κ1) is 31.6. The van der Waals surface area contributed by atoms with E-state index >= 15 is 0 Å². The first-order valence-corrected chi connectivity index (χ1v) is 19.1. The molecule has 261 valence electrons. The normalized spacial score (nSPS) is 16.1. The van der Waals surface area contributed by atoms with Crippen LogP contribution in [0.2, 0.25) is 0 Å². The highest BCUT2D eigenvalue weighted by atomic mass is 16.5. The molecule has 11 rings (SSSR count). The minimum absolute atomic E-state index is 0.0429. The number of nitrogens with zero attached hydrogens (tertiary/aromatic N) is 1. The second kappa shape index (κ2) is 11.1. The summed E-state index contributed by atoms with van der Waals surface area (Å²) in [5, 5.41) is 8.39. The van der Waals surface area contributed by atoms with Gasteiger partial charge in [-0.1, -0.05) is 118 Å². The molecule has 3 aliphatic rings. The number of fused-ring (bicyclic) bond motifs is 11. The summed E-state index contributed by atoms with van der Waals surface area (Å²) < 4.78 is 13.4. The maximum Gasteiger partial charge on any atom is 0.198 e. The molecule has 0 saturated carbocycles. The minimum atomic E-state index is 0.0429. The number of anilines is 5. The summed E-state index contributed by atoms with van der Waals surface area (Å²) in [6.07, 6.45) is 2.32. The molecule has 0 fully saturated rings. The molecule has 1 aliphatic carbocycles. The fourth-order valence-electron chi connectivity index (χ4n) is 9.43. The molecule has 7 aromatic carbocycles. The van der Waals surface area contributed by atoms with E-state index in [1.54, 1.807) is 0 Å². The molecule has 1 N–H and O–H groups in total. The van der Waals surface area contributed by atoms with Crippen LogP contribution in [0.15, 0.2) is 126 Å². The van der Waals surface area contributed by atoms with Crippen LogP contribution in [0, 0.1) is 6.92 Å². The first-order valence-electron chi connectivity index (χ1n) is 19.1. The summed E-state index contributed by atoms with van der Waals surface area (Å²) in [6, 6.07) is 43.7. The Labute approximate surface area is 316 Å². The molecule has 54 heavy (non-hydrogen) atoms. The highest BCUT2D eigenvalue weighted by Crippen LogP contribution is 2.53. The smallest absolute Gasteiger partial charge is 0.198 e. The molecule has 0 amide bonds. The van der Waals surface area contributed by atoms with E-state index in [9.17, 15) is 0 Å². The molecule has 3 heterocycles. The Kier molecular flexibility index (Phi) is 6.46. The summed E-state index contributed by atoms with van der Waals surface area (Å²) >= 11 is 0. The fourth-order valence-corrected chi connectivity index (χ4v) is 9.43. The van der Waals surface area contributed by atoms with E-state index in [4.69, 9.17) is 9.15 Å². The van der Waals surface area contributed by atoms with Crippen molar-refractivity contribution in [1.29, 1.82) is 0 Å². The Morgan fingerprint density at radius 3 is 2.22 bits per heavy atom. The monoisotopic (exact) mass is 699 g/mol. The van der Waals surface area contributed by atoms with Gasteiger partial charge < -0.3 is 19.4 Å². The summed E-state index contributed by atoms with van der Waals surface area (Å²) in [5.41, 5.74) is 16.0. The fraction of sp³-hybridized carbons (Fsp3) is 0.184. The van der Waals surface area contributed by atoms with Crippen LogP contribution in [0.1, 0.15) is 57.2 Å². The van der Waals surface area contributed by atoms with Gasteiger partial charge in [-0.25, -0.2) is 0 Å². The Hall–Kier alpha value is -5.94. The van der Waals surface area contributed by atoms with Gasteiger partial charge in [0.05, 0.1) is 17.1 Å². The Bertz CT molecular complexity index is 2900. The van der Waals surface area contributed by atoms with Gasteiger partial charge in [0.2, 0.25) is 0 Å². The number of aryl methyl sites for hydroxylation is 1. The molecule has 1 radical (unpaired) electrons. The van der Waals surface area contributed by atoms with E-state index in [0.717, 1.165) is 79.2 Å². The predicted molar refractivity (Wildman–Crippen MR) is 226 cm³/mol. The summed E-state index contributed by atoms with van der Waals surface area (Å²) in [5.74, 6) is 1.65. The molecular weight excluding hydrogens is 659 g/mol.